The van der Waals surface area contributed by atoms with Crippen molar-refractivity contribution < 1.29 is 63.3 Å². The Morgan fingerprint density at radius 2 is 1.45 bits per heavy atom. The lowest BCUT2D eigenvalue weighted by Crippen LogP contribution is -2.84. The Morgan fingerprint density at radius 1 is 0.968 bits per heavy atom. The molecule has 1 saturated carbocycles. The molecule has 3 atom stereocenters. The van der Waals surface area contributed by atoms with Gasteiger partial charge in [-0.2, -0.15) is 43.9 Å². The Kier molecular flexibility index (Phi) is 6.21. The van der Waals surface area contributed by atoms with Crippen LogP contribution in [0.3, 0.4) is 0 Å². The maximum absolute atomic E-state index is 14.8. The predicted molar refractivity (Wildman–Crippen MR) is 82.0 cm³/mol. The number of hydrogen-bond acceptors (Lipinski definition) is 4. The number of carbonyl (C=O) groups is 1. The molecule has 0 aromatic carbocycles. The Morgan fingerprint density at radius 3 is 1.84 bits per heavy atom. The summed E-state index contributed by atoms with van der Waals surface area (Å²) < 4.78 is 150. The Balaban J connectivity index is 2.89. The maximum Gasteiger partial charge on any atom is 0.462 e. The molecule has 2 fully saturated rings. The zero-order valence-corrected chi connectivity index (χ0v) is 15.8. The highest BCUT2D eigenvalue weighted by Crippen LogP contribution is 2.65. The molecule has 0 amide bonds. The first-order valence-corrected chi connectivity index (χ1v) is 8.95. The average Bonchev–Trinajstić information content (AvgIpc) is 2.61. The molecule has 1 N–H and O–H groups in total. The molecule has 14 heteroatoms. The predicted octanol–water partition coefficient (Wildman–Crippen LogP) is 4.91. The molecule has 31 heavy (non-hydrogen) atoms. The minimum absolute atomic E-state index is 0.140. The molecule has 2 aliphatic rings. The molecule has 3 unspecified atom stereocenters. The van der Waals surface area contributed by atoms with Gasteiger partial charge in [-0.25, -0.2) is 4.79 Å². The van der Waals surface area contributed by atoms with Crippen LogP contribution in [0.1, 0.15) is 39.0 Å². The second-order valence-corrected chi connectivity index (χ2v) is 7.60. The highest BCUT2D eigenvalue weighted by molar-refractivity contribution is 5.87. The van der Waals surface area contributed by atoms with Crippen LogP contribution in [0.4, 0.5) is 43.9 Å². The number of aliphatic hydroxyl groups excluding tert-OH is 1. The minimum Gasteiger partial charge on any atom is -0.414 e. The molecule has 2 rings (SSSR count). The fraction of sp³-hybridized carbons (Fsp3) is 0.824. The Bertz CT molecular complexity index is 725. The summed E-state index contributed by atoms with van der Waals surface area (Å²) in [7, 11) is 0. The molecule has 1 heterocycles. The van der Waals surface area contributed by atoms with Crippen molar-refractivity contribution in [2.75, 3.05) is 0 Å². The third kappa shape index (κ3) is 3.49. The van der Waals surface area contributed by atoms with Crippen molar-refractivity contribution in [1.82, 2.24) is 0 Å². The van der Waals surface area contributed by atoms with E-state index in [0.717, 1.165) is 0 Å². The van der Waals surface area contributed by atoms with E-state index in [2.05, 4.69) is 16.1 Å². The van der Waals surface area contributed by atoms with Gasteiger partial charge in [-0.1, -0.05) is 25.8 Å². The van der Waals surface area contributed by atoms with E-state index in [4.69, 9.17) is 0 Å². The number of halogens is 10. The highest BCUT2D eigenvalue weighted by atomic mass is 19.4. The van der Waals surface area contributed by atoms with Crippen LogP contribution in [0.15, 0.2) is 12.2 Å². The SMILES string of the molecule is C=C(C)C(=O)OC1(C(F)(F)F)OC(C2CCCCC2)(C(F)(F)F)C(F)(F)C(O)C1(F)F. The molecule has 0 radical (unpaired) electrons. The van der Waals surface area contributed by atoms with E-state index in [9.17, 15) is 53.8 Å². The largest absolute Gasteiger partial charge is 0.462 e. The van der Waals surface area contributed by atoms with Crippen molar-refractivity contribution >= 4 is 5.97 Å². The molecule has 180 valence electrons. The second-order valence-electron chi connectivity index (χ2n) is 7.60. The summed E-state index contributed by atoms with van der Waals surface area (Å²) in [5.74, 6) is -22.7. The summed E-state index contributed by atoms with van der Waals surface area (Å²) in [6, 6.07) is 0. The van der Waals surface area contributed by atoms with Crippen LogP contribution >= 0.6 is 0 Å². The van der Waals surface area contributed by atoms with Crippen molar-refractivity contribution in [3.05, 3.63) is 12.2 Å². The van der Waals surface area contributed by atoms with E-state index in [1.165, 1.54) is 0 Å². The van der Waals surface area contributed by atoms with E-state index in [-0.39, 0.29) is 19.3 Å². The monoisotopic (exact) mass is 476 g/mol. The quantitative estimate of drug-likeness (QED) is 0.358. The third-order valence-corrected chi connectivity index (χ3v) is 5.48. The average molecular weight is 476 g/mol. The standard InChI is InChI=1S/C17H18F10O4/c1-8(2)10(28)30-15(17(25,26)27)14(20,21)11(29)13(18,19)12(31-15,16(22,23)24)9-6-4-3-5-7-9/h9,11,29H,1,3-7H2,2H3. The maximum atomic E-state index is 14.8. The van der Waals surface area contributed by atoms with Gasteiger partial charge in [0.25, 0.3) is 0 Å². The number of alkyl halides is 10. The van der Waals surface area contributed by atoms with Crippen LogP contribution in [-0.2, 0) is 14.3 Å². The van der Waals surface area contributed by atoms with Crippen molar-refractivity contribution in [2.24, 2.45) is 5.92 Å². The van der Waals surface area contributed by atoms with Crippen molar-refractivity contribution in [1.29, 1.82) is 0 Å². The fourth-order valence-corrected chi connectivity index (χ4v) is 3.93. The van der Waals surface area contributed by atoms with Gasteiger partial charge in [0.2, 0.25) is 5.60 Å². The van der Waals surface area contributed by atoms with Gasteiger partial charge in [0.1, 0.15) is 0 Å². The van der Waals surface area contributed by atoms with Crippen molar-refractivity contribution in [3.63, 3.8) is 0 Å². The van der Waals surface area contributed by atoms with Crippen LogP contribution in [-0.4, -0.2) is 52.8 Å². The molecule has 1 saturated heterocycles. The zero-order valence-electron chi connectivity index (χ0n) is 15.8. The normalized spacial score (nSPS) is 34.3. The number of esters is 1. The zero-order chi connectivity index (χ0) is 24.3. The van der Waals surface area contributed by atoms with Gasteiger partial charge in [0.15, 0.2) is 6.10 Å². The van der Waals surface area contributed by atoms with Gasteiger partial charge in [-0.15, -0.1) is 0 Å². The topological polar surface area (TPSA) is 55.8 Å². The van der Waals surface area contributed by atoms with Crippen molar-refractivity contribution in [2.45, 2.75) is 80.7 Å². The summed E-state index contributed by atoms with van der Waals surface area (Å²) in [6.45, 7) is 3.51. The highest BCUT2D eigenvalue weighted by Gasteiger charge is 2.93. The molecule has 0 aromatic rings. The molecule has 0 bridgehead atoms. The first-order valence-electron chi connectivity index (χ1n) is 8.95. The van der Waals surface area contributed by atoms with E-state index in [0.29, 0.717) is 6.92 Å². The molecule has 1 aliphatic heterocycles. The second kappa shape index (κ2) is 7.49. The summed E-state index contributed by atoms with van der Waals surface area (Å²) >= 11 is 0. The number of aliphatic hydroxyl groups is 1. The minimum atomic E-state index is -6.66. The summed E-state index contributed by atoms with van der Waals surface area (Å²) in [6.07, 6.45) is -19.4. The first-order chi connectivity index (χ1) is 13.8. The van der Waals surface area contributed by atoms with Gasteiger partial charge in [-0.05, 0) is 19.8 Å². The molecule has 1 aliphatic carbocycles. The first kappa shape index (κ1) is 25.7. The van der Waals surface area contributed by atoms with E-state index in [1.807, 2.05) is 0 Å². The number of carbonyl (C=O) groups excluding carboxylic acids is 1. The van der Waals surface area contributed by atoms with Gasteiger partial charge in [0.05, 0.1) is 0 Å². The van der Waals surface area contributed by atoms with Crippen LogP contribution in [0.5, 0.6) is 0 Å². The van der Waals surface area contributed by atoms with Crippen molar-refractivity contribution in [3.8, 4) is 0 Å². The lowest BCUT2D eigenvalue weighted by molar-refractivity contribution is -0.546. The Hall–Kier alpha value is -1.57. The fourth-order valence-electron chi connectivity index (χ4n) is 3.93. The van der Waals surface area contributed by atoms with Crippen LogP contribution in [0.2, 0.25) is 0 Å². The van der Waals surface area contributed by atoms with Gasteiger partial charge in [-0.3, -0.25) is 0 Å². The number of ether oxygens (including phenoxy) is 2. The van der Waals surface area contributed by atoms with Crippen LogP contribution < -0.4 is 0 Å². The molecular formula is C17H18F10O4. The summed E-state index contributed by atoms with van der Waals surface area (Å²) in [5, 5.41) is 9.55. The van der Waals surface area contributed by atoms with Gasteiger partial charge >= 0.3 is 36.0 Å². The summed E-state index contributed by atoms with van der Waals surface area (Å²) in [5.41, 5.74) is -6.18. The van der Waals surface area contributed by atoms with E-state index < -0.39 is 72.0 Å². The molecule has 0 spiro atoms. The molecule has 0 aromatic heterocycles. The van der Waals surface area contributed by atoms with Crippen LogP contribution in [0.25, 0.3) is 0 Å². The smallest absolute Gasteiger partial charge is 0.414 e. The van der Waals surface area contributed by atoms with E-state index in [1.54, 1.807) is 0 Å². The lowest BCUT2D eigenvalue weighted by atomic mass is 9.68. The Labute approximate surface area is 169 Å². The third-order valence-electron chi connectivity index (χ3n) is 5.48. The van der Waals surface area contributed by atoms with Gasteiger partial charge < -0.3 is 14.6 Å². The van der Waals surface area contributed by atoms with E-state index >= 15 is 0 Å². The lowest BCUT2D eigenvalue weighted by Gasteiger charge is -2.58. The number of hydrogen-bond donors (Lipinski definition) is 1. The number of rotatable bonds is 3. The molecule has 4 nitrogen and oxygen atoms in total. The molecular weight excluding hydrogens is 458 g/mol. The summed E-state index contributed by atoms with van der Waals surface area (Å²) in [4.78, 5) is 11.7. The van der Waals surface area contributed by atoms with Crippen LogP contribution in [0, 0.1) is 5.92 Å². The van der Waals surface area contributed by atoms with Gasteiger partial charge in [0, 0.05) is 11.5 Å².